The number of likely N-dealkylation sites (N-methyl/N-ethyl adjacent to an activating group) is 1. The summed E-state index contributed by atoms with van der Waals surface area (Å²) in [6, 6.07) is 3.13. The first-order chi connectivity index (χ1) is 9.11. The molecular weight excluding hydrogens is 279 g/mol. The fourth-order valence-corrected chi connectivity index (χ4v) is 1.60. The third-order valence-corrected chi connectivity index (χ3v) is 2.53. The van der Waals surface area contributed by atoms with Crippen LogP contribution in [-0.4, -0.2) is 35.3 Å². The van der Waals surface area contributed by atoms with Crippen molar-refractivity contribution in [3.63, 3.8) is 0 Å². The van der Waals surface area contributed by atoms with Crippen molar-refractivity contribution in [1.82, 2.24) is 4.90 Å². The maximum atomic E-state index is 12.1. The molecular formula is C12H12F3NO4. The van der Waals surface area contributed by atoms with Crippen molar-refractivity contribution in [2.24, 2.45) is 0 Å². The zero-order valence-electron chi connectivity index (χ0n) is 10.6. The standard InChI is InChI=1S/C12H12F3NO4/c1-7(17)16(2)10(11(18)19)8-4-3-5-9(6-8)20-12(13,14)15/h3-6,10H,1-2H3,(H,18,19). The average Bonchev–Trinajstić information content (AvgIpc) is 2.26. The number of rotatable bonds is 4. The third-order valence-electron chi connectivity index (χ3n) is 2.53. The van der Waals surface area contributed by atoms with Crippen LogP contribution in [0.3, 0.4) is 0 Å². The van der Waals surface area contributed by atoms with Gasteiger partial charge in [-0.2, -0.15) is 0 Å². The molecule has 1 amide bonds. The van der Waals surface area contributed by atoms with Crippen LogP contribution in [-0.2, 0) is 9.59 Å². The van der Waals surface area contributed by atoms with Crippen molar-refractivity contribution in [3.8, 4) is 5.75 Å². The van der Waals surface area contributed by atoms with E-state index in [2.05, 4.69) is 4.74 Å². The van der Waals surface area contributed by atoms with Gasteiger partial charge >= 0.3 is 12.3 Å². The Morgan fingerprint density at radius 1 is 1.35 bits per heavy atom. The molecule has 0 aliphatic heterocycles. The lowest BCUT2D eigenvalue weighted by atomic mass is 10.1. The number of hydrogen-bond acceptors (Lipinski definition) is 3. The molecule has 20 heavy (non-hydrogen) atoms. The van der Waals surface area contributed by atoms with Crippen LogP contribution >= 0.6 is 0 Å². The number of halogens is 3. The fourth-order valence-electron chi connectivity index (χ4n) is 1.60. The van der Waals surface area contributed by atoms with Gasteiger partial charge in [-0.25, -0.2) is 4.79 Å². The molecule has 1 rings (SSSR count). The number of nitrogens with zero attached hydrogens (tertiary/aromatic N) is 1. The second kappa shape index (κ2) is 5.81. The summed E-state index contributed by atoms with van der Waals surface area (Å²) in [4.78, 5) is 23.3. The first-order valence-electron chi connectivity index (χ1n) is 5.43. The van der Waals surface area contributed by atoms with Crippen LogP contribution < -0.4 is 4.74 Å². The summed E-state index contributed by atoms with van der Waals surface area (Å²) in [7, 11) is 1.25. The van der Waals surface area contributed by atoms with Gasteiger partial charge in [0.05, 0.1) is 0 Å². The lowest BCUT2D eigenvalue weighted by Gasteiger charge is -2.24. The van der Waals surface area contributed by atoms with E-state index < -0.39 is 30.0 Å². The highest BCUT2D eigenvalue weighted by Gasteiger charge is 2.32. The molecule has 0 spiro atoms. The van der Waals surface area contributed by atoms with Gasteiger partial charge < -0.3 is 14.7 Å². The number of ether oxygens (including phenoxy) is 1. The minimum Gasteiger partial charge on any atom is -0.479 e. The van der Waals surface area contributed by atoms with Crippen LogP contribution in [0, 0.1) is 0 Å². The van der Waals surface area contributed by atoms with Crippen molar-refractivity contribution >= 4 is 11.9 Å². The number of carbonyl (C=O) groups is 2. The van der Waals surface area contributed by atoms with Crippen molar-refractivity contribution < 1.29 is 32.6 Å². The number of hydrogen-bond donors (Lipinski definition) is 1. The first kappa shape index (κ1) is 15.8. The summed E-state index contributed by atoms with van der Waals surface area (Å²) in [6.45, 7) is 1.16. The maximum Gasteiger partial charge on any atom is 0.573 e. The Morgan fingerprint density at radius 2 is 1.95 bits per heavy atom. The van der Waals surface area contributed by atoms with Gasteiger partial charge in [0.2, 0.25) is 5.91 Å². The molecule has 5 nitrogen and oxygen atoms in total. The van der Waals surface area contributed by atoms with Crippen LogP contribution in [0.15, 0.2) is 24.3 Å². The minimum absolute atomic E-state index is 0.0111. The molecule has 0 aromatic heterocycles. The minimum atomic E-state index is -4.87. The van der Waals surface area contributed by atoms with Gasteiger partial charge in [0.15, 0.2) is 6.04 Å². The normalized spacial score (nSPS) is 12.7. The van der Waals surface area contributed by atoms with Crippen molar-refractivity contribution in [2.75, 3.05) is 7.05 Å². The van der Waals surface area contributed by atoms with Crippen molar-refractivity contribution in [2.45, 2.75) is 19.3 Å². The Hall–Kier alpha value is -2.25. The van der Waals surface area contributed by atoms with Crippen LogP contribution in [0.1, 0.15) is 18.5 Å². The van der Waals surface area contributed by atoms with Crippen molar-refractivity contribution in [3.05, 3.63) is 29.8 Å². The number of carbonyl (C=O) groups excluding carboxylic acids is 1. The zero-order valence-corrected chi connectivity index (χ0v) is 10.6. The molecule has 0 saturated heterocycles. The van der Waals surface area contributed by atoms with Gasteiger partial charge in [0.25, 0.3) is 0 Å². The lowest BCUT2D eigenvalue weighted by molar-refractivity contribution is -0.274. The highest BCUT2D eigenvalue weighted by Crippen LogP contribution is 2.27. The SMILES string of the molecule is CC(=O)N(C)C(C(=O)O)c1cccc(OC(F)(F)F)c1. The van der Waals surface area contributed by atoms with Crippen LogP contribution in [0.2, 0.25) is 0 Å². The third kappa shape index (κ3) is 4.15. The number of benzene rings is 1. The molecule has 0 aliphatic carbocycles. The van der Waals surface area contributed by atoms with E-state index in [-0.39, 0.29) is 5.56 Å². The summed E-state index contributed by atoms with van der Waals surface area (Å²) in [5, 5.41) is 9.11. The molecule has 0 radical (unpaired) electrons. The molecule has 0 aliphatic rings. The van der Waals surface area contributed by atoms with E-state index in [9.17, 15) is 22.8 Å². The Kier molecular flexibility index (Phi) is 4.59. The molecule has 8 heteroatoms. The second-order valence-electron chi connectivity index (χ2n) is 3.99. The Bertz CT molecular complexity index is 516. The van der Waals surface area contributed by atoms with E-state index >= 15 is 0 Å². The summed E-state index contributed by atoms with van der Waals surface area (Å²) in [5.41, 5.74) is 0.0111. The van der Waals surface area contributed by atoms with Crippen LogP contribution in [0.25, 0.3) is 0 Å². The van der Waals surface area contributed by atoms with E-state index in [0.29, 0.717) is 0 Å². The summed E-state index contributed by atoms with van der Waals surface area (Å²) in [5.74, 6) is -2.43. The van der Waals surface area contributed by atoms with Crippen molar-refractivity contribution in [1.29, 1.82) is 0 Å². The second-order valence-corrected chi connectivity index (χ2v) is 3.99. The van der Waals surface area contributed by atoms with Gasteiger partial charge in [-0.15, -0.1) is 13.2 Å². The zero-order chi connectivity index (χ0) is 15.5. The highest BCUT2D eigenvalue weighted by atomic mass is 19.4. The van der Waals surface area contributed by atoms with E-state index in [4.69, 9.17) is 5.11 Å². The largest absolute Gasteiger partial charge is 0.573 e. The molecule has 1 unspecified atom stereocenters. The number of alkyl halides is 3. The summed E-state index contributed by atoms with van der Waals surface area (Å²) >= 11 is 0. The molecule has 1 atom stereocenters. The lowest BCUT2D eigenvalue weighted by Crippen LogP contribution is -2.34. The summed E-state index contributed by atoms with van der Waals surface area (Å²) < 4.78 is 40.1. The maximum absolute atomic E-state index is 12.1. The topological polar surface area (TPSA) is 66.8 Å². The molecule has 0 fully saturated rings. The van der Waals surface area contributed by atoms with Gasteiger partial charge in [0, 0.05) is 14.0 Å². The number of aliphatic carboxylic acids is 1. The smallest absolute Gasteiger partial charge is 0.479 e. The van der Waals surface area contributed by atoms with Crippen LogP contribution in [0.4, 0.5) is 13.2 Å². The molecule has 1 N–H and O–H groups in total. The number of amides is 1. The molecule has 1 aromatic rings. The van der Waals surface area contributed by atoms with E-state index in [1.807, 2.05) is 0 Å². The predicted octanol–water partition coefficient (Wildman–Crippen LogP) is 2.19. The highest BCUT2D eigenvalue weighted by molar-refractivity contribution is 5.83. The Morgan fingerprint density at radius 3 is 2.40 bits per heavy atom. The Balaban J connectivity index is 3.13. The van der Waals surface area contributed by atoms with Gasteiger partial charge in [-0.1, -0.05) is 12.1 Å². The number of carboxylic acid groups (broad SMARTS) is 1. The van der Waals surface area contributed by atoms with E-state index in [0.717, 1.165) is 24.0 Å². The van der Waals surface area contributed by atoms with Gasteiger partial charge in [-0.05, 0) is 17.7 Å². The van der Waals surface area contributed by atoms with Crippen LogP contribution in [0.5, 0.6) is 5.75 Å². The van der Waals surface area contributed by atoms with Gasteiger partial charge in [0.1, 0.15) is 5.75 Å². The monoisotopic (exact) mass is 291 g/mol. The molecule has 0 saturated carbocycles. The van der Waals surface area contributed by atoms with E-state index in [1.54, 1.807) is 0 Å². The molecule has 110 valence electrons. The average molecular weight is 291 g/mol. The summed E-state index contributed by atoms with van der Waals surface area (Å²) in [6.07, 6.45) is -4.87. The molecule has 0 bridgehead atoms. The van der Waals surface area contributed by atoms with Gasteiger partial charge in [-0.3, -0.25) is 4.79 Å². The Labute approximate surface area is 112 Å². The number of carboxylic acids is 1. The fraction of sp³-hybridized carbons (Fsp3) is 0.333. The van der Waals surface area contributed by atoms with E-state index in [1.165, 1.54) is 19.2 Å². The first-order valence-corrected chi connectivity index (χ1v) is 5.43. The molecule has 0 heterocycles. The predicted molar refractivity (Wildman–Crippen MR) is 61.9 cm³/mol. The quantitative estimate of drug-likeness (QED) is 0.923. The molecule has 1 aromatic carbocycles.